The smallest absolute Gasteiger partial charge is 0.223 e. The van der Waals surface area contributed by atoms with Crippen LogP contribution in [0.4, 0.5) is 0 Å². The minimum absolute atomic E-state index is 0. The quantitative estimate of drug-likeness (QED) is 0.835. The van der Waals surface area contributed by atoms with E-state index in [2.05, 4.69) is 12.2 Å². The highest BCUT2D eigenvalue weighted by Gasteiger charge is 2.25. The molecule has 3 N–H and O–H groups in total. The zero-order chi connectivity index (χ0) is 13.0. The Morgan fingerprint density at radius 1 is 1.16 bits per heavy atom. The van der Waals surface area contributed by atoms with Gasteiger partial charge in [-0.05, 0) is 38.0 Å². The summed E-state index contributed by atoms with van der Waals surface area (Å²) >= 11 is 0. The standard InChI is InChI=1S/C15H28N2O.ClH/c1-11(10-12-4-2-3-5-12)15(18)17-14-8-6-13(16)7-9-14;/h11-14H,2-10,16H2,1H3,(H,17,18);1H. The third kappa shape index (κ3) is 5.31. The van der Waals surface area contributed by atoms with E-state index in [9.17, 15) is 4.79 Å². The van der Waals surface area contributed by atoms with Crippen molar-refractivity contribution in [2.24, 2.45) is 17.6 Å². The van der Waals surface area contributed by atoms with Crippen molar-refractivity contribution in [1.82, 2.24) is 5.32 Å². The van der Waals surface area contributed by atoms with Gasteiger partial charge in [0.05, 0.1) is 0 Å². The van der Waals surface area contributed by atoms with E-state index < -0.39 is 0 Å². The molecule has 2 fully saturated rings. The van der Waals surface area contributed by atoms with Crippen molar-refractivity contribution < 1.29 is 4.79 Å². The minimum Gasteiger partial charge on any atom is -0.353 e. The number of nitrogens with two attached hydrogens (primary N) is 1. The van der Waals surface area contributed by atoms with Gasteiger partial charge in [-0.1, -0.05) is 32.6 Å². The van der Waals surface area contributed by atoms with Crippen LogP contribution in [0.1, 0.15) is 64.7 Å². The van der Waals surface area contributed by atoms with Crippen molar-refractivity contribution in [3.63, 3.8) is 0 Å². The molecule has 2 aliphatic carbocycles. The van der Waals surface area contributed by atoms with Gasteiger partial charge in [-0.25, -0.2) is 0 Å². The van der Waals surface area contributed by atoms with Gasteiger partial charge in [0.15, 0.2) is 0 Å². The fraction of sp³-hybridized carbons (Fsp3) is 0.933. The van der Waals surface area contributed by atoms with Crippen LogP contribution in [0.15, 0.2) is 0 Å². The van der Waals surface area contributed by atoms with E-state index in [4.69, 9.17) is 5.73 Å². The lowest BCUT2D eigenvalue weighted by Crippen LogP contribution is -2.42. The van der Waals surface area contributed by atoms with E-state index in [0.29, 0.717) is 12.1 Å². The third-order valence-electron chi connectivity index (χ3n) is 4.73. The Hall–Kier alpha value is -0.280. The number of halogens is 1. The predicted octanol–water partition coefficient (Wildman–Crippen LogP) is 3.01. The molecule has 1 atom stereocenters. The maximum atomic E-state index is 12.1. The molecule has 2 saturated carbocycles. The van der Waals surface area contributed by atoms with Crippen LogP contribution >= 0.6 is 12.4 Å². The molecule has 0 aromatic heterocycles. The first-order valence-electron chi connectivity index (χ1n) is 7.71. The lowest BCUT2D eigenvalue weighted by molar-refractivity contribution is -0.126. The zero-order valence-electron chi connectivity index (χ0n) is 12.1. The summed E-state index contributed by atoms with van der Waals surface area (Å²) in [6.45, 7) is 2.09. The Labute approximate surface area is 123 Å². The Morgan fingerprint density at radius 2 is 1.74 bits per heavy atom. The van der Waals surface area contributed by atoms with Gasteiger partial charge < -0.3 is 11.1 Å². The topological polar surface area (TPSA) is 55.1 Å². The normalized spacial score (nSPS) is 29.6. The number of hydrogen-bond acceptors (Lipinski definition) is 2. The summed E-state index contributed by atoms with van der Waals surface area (Å²) in [7, 11) is 0. The average molecular weight is 289 g/mol. The molecule has 3 nitrogen and oxygen atoms in total. The van der Waals surface area contributed by atoms with E-state index in [-0.39, 0.29) is 24.2 Å². The Kier molecular flexibility index (Phi) is 7.16. The lowest BCUT2D eigenvalue weighted by Gasteiger charge is -2.28. The SMILES string of the molecule is CC(CC1CCCC1)C(=O)NC1CCC(N)CC1.Cl. The molecule has 112 valence electrons. The second-order valence-corrected chi connectivity index (χ2v) is 6.41. The van der Waals surface area contributed by atoms with Crippen molar-refractivity contribution in [1.29, 1.82) is 0 Å². The number of rotatable bonds is 4. The van der Waals surface area contributed by atoms with Crippen LogP contribution in [0.5, 0.6) is 0 Å². The molecule has 1 amide bonds. The first-order chi connectivity index (χ1) is 8.65. The minimum atomic E-state index is 0. The fourth-order valence-corrected chi connectivity index (χ4v) is 3.46. The molecule has 0 spiro atoms. The summed E-state index contributed by atoms with van der Waals surface area (Å²) in [6, 6.07) is 0.734. The Morgan fingerprint density at radius 3 is 2.32 bits per heavy atom. The zero-order valence-corrected chi connectivity index (χ0v) is 12.9. The molecule has 2 aliphatic rings. The summed E-state index contributed by atoms with van der Waals surface area (Å²) in [5.41, 5.74) is 5.88. The van der Waals surface area contributed by atoms with Crippen LogP contribution in [-0.2, 0) is 4.79 Å². The molecule has 0 aromatic rings. The van der Waals surface area contributed by atoms with Crippen molar-refractivity contribution in [2.75, 3.05) is 0 Å². The molecule has 0 bridgehead atoms. The Balaban J connectivity index is 0.00000180. The van der Waals surface area contributed by atoms with Crippen molar-refractivity contribution in [3.05, 3.63) is 0 Å². The van der Waals surface area contributed by atoms with Crippen molar-refractivity contribution in [3.8, 4) is 0 Å². The van der Waals surface area contributed by atoms with E-state index in [1.54, 1.807) is 0 Å². The molecule has 1 unspecified atom stereocenters. The number of nitrogens with one attached hydrogen (secondary N) is 1. The van der Waals surface area contributed by atoms with E-state index in [1.807, 2.05) is 0 Å². The second kappa shape index (κ2) is 8.11. The molecule has 0 aromatic carbocycles. The van der Waals surface area contributed by atoms with Crippen molar-refractivity contribution >= 4 is 18.3 Å². The fourth-order valence-electron chi connectivity index (χ4n) is 3.46. The maximum Gasteiger partial charge on any atom is 0.223 e. The highest BCUT2D eigenvalue weighted by molar-refractivity contribution is 5.85. The molecule has 0 aliphatic heterocycles. The van der Waals surface area contributed by atoms with Crippen LogP contribution in [0, 0.1) is 11.8 Å². The van der Waals surface area contributed by atoms with Gasteiger partial charge in [-0.3, -0.25) is 4.79 Å². The summed E-state index contributed by atoms with van der Waals surface area (Å²) in [6.07, 6.45) is 10.7. The second-order valence-electron chi connectivity index (χ2n) is 6.41. The summed E-state index contributed by atoms with van der Waals surface area (Å²) < 4.78 is 0. The average Bonchev–Trinajstić information content (AvgIpc) is 2.85. The molecule has 4 heteroatoms. The summed E-state index contributed by atoms with van der Waals surface area (Å²) in [5.74, 6) is 1.25. The largest absolute Gasteiger partial charge is 0.353 e. The van der Waals surface area contributed by atoms with Crippen LogP contribution in [-0.4, -0.2) is 18.0 Å². The van der Waals surface area contributed by atoms with Gasteiger partial charge >= 0.3 is 0 Å². The van der Waals surface area contributed by atoms with Crippen molar-refractivity contribution in [2.45, 2.75) is 76.8 Å². The lowest BCUT2D eigenvalue weighted by atomic mass is 9.90. The summed E-state index contributed by atoms with van der Waals surface area (Å²) in [5, 5.41) is 3.22. The third-order valence-corrected chi connectivity index (χ3v) is 4.73. The molecular weight excluding hydrogens is 260 g/mol. The predicted molar refractivity (Wildman–Crippen MR) is 81.4 cm³/mol. The van der Waals surface area contributed by atoms with E-state index in [1.165, 1.54) is 25.7 Å². The maximum absolute atomic E-state index is 12.1. The van der Waals surface area contributed by atoms with Gasteiger partial charge in [0.1, 0.15) is 0 Å². The van der Waals surface area contributed by atoms with Gasteiger partial charge in [0, 0.05) is 18.0 Å². The Bertz CT molecular complexity index is 271. The molecule has 0 heterocycles. The number of carbonyl (C=O) groups excluding carboxylic acids is 1. The first kappa shape index (κ1) is 16.8. The van der Waals surface area contributed by atoms with Gasteiger partial charge in [-0.15, -0.1) is 12.4 Å². The molecule has 19 heavy (non-hydrogen) atoms. The number of amides is 1. The molecule has 0 radical (unpaired) electrons. The van der Waals surface area contributed by atoms with Gasteiger partial charge in [0.2, 0.25) is 5.91 Å². The van der Waals surface area contributed by atoms with Crippen LogP contribution in [0.3, 0.4) is 0 Å². The number of carbonyl (C=O) groups is 1. The number of hydrogen-bond donors (Lipinski definition) is 2. The highest BCUT2D eigenvalue weighted by Crippen LogP contribution is 2.30. The summed E-state index contributed by atoms with van der Waals surface area (Å²) in [4.78, 5) is 12.1. The van der Waals surface area contributed by atoms with Gasteiger partial charge in [-0.2, -0.15) is 0 Å². The van der Waals surface area contributed by atoms with Crippen LogP contribution in [0.2, 0.25) is 0 Å². The first-order valence-corrected chi connectivity index (χ1v) is 7.71. The molecular formula is C15H29ClN2O. The van der Waals surface area contributed by atoms with Gasteiger partial charge in [0.25, 0.3) is 0 Å². The highest BCUT2D eigenvalue weighted by atomic mass is 35.5. The molecule has 0 saturated heterocycles. The van der Waals surface area contributed by atoms with E-state index in [0.717, 1.165) is 38.0 Å². The molecule has 2 rings (SSSR count). The monoisotopic (exact) mass is 288 g/mol. The van der Waals surface area contributed by atoms with Crippen LogP contribution in [0.25, 0.3) is 0 Å². The van der Waals surface area contributed by atoms with Crippen LogP contribution < -0.4 is 11.1 Å². The van der Waals surface area contributed by atoms with E-state index >= 15 is 0 Å².